The molecule has 0 aromatic heterocycles. The van der Waals surface area contributed by atoms with Gasteiger partial charge in [0.25, 0.3) is 0 Å². The molecule has 1 saturated heterocycles. The zero-order valence-corrected chi connectivity index (χ0v) is 15.6. The van der Waals surface area contributed by atoms with Gasteiger partial charge in [-0.1, -0.05) is 0 Å². The van der Waals surface area contributed by atoms with Gasteiger partial charge in [-0.3, -0.25) is 9.80 Å². The summed E-state index contributed by atoms with van der Waals surface area (Å²) >= 11 is 0. The predicted octanol–water partition coefficient (Wildman–Crippen LogP) is 5.32. The first-order valence-electron chi connectivity index (χ1n) is 7.52. The van der Waals surface area contributed by atoms with Crippen molar-refractivity contribution in [1.29, 1.82) is 0 Å². The molecule has 29 heavy (non-hydrogen) atoms. The molecular weight excluding hydrogens is 456 g/mol. The molecule has 0 aliphatic carbocycles. The first-order valence-corrected chi connectivity index (χ1v) is 9.55. The molecule has 2 rings (SSSR count). The normalized spacial score (nSPS) is 19.1. The first kappa shape index (κ1) is 25.6. The van der Waals surface area contributed by atoms with E-state index in [0.29, 0.717) is 26.3 Å². The third kappa shape index (κ3) is 8.84. The van der Waals surface area contributed by atoms with Crippen molar-refractivity contribution in [3.8, 4) is 5.75 Å². The number of rotatable bonds is 4. The van der Waals surface area contributed by atoms with E-state index >= 15 is 0 Å². The minimum absolute atomic E-state index is 0.380. The molecule has 172 valence electrons. The van der Waals surface area contributed by atoms with Crippen LogP contribution in [0.1, 0.15) is 0 Å². The van der Waals surface area contributed by atoms with E-state index in [2.05, 4.69) is 0 Å². The fourth-order valence-corrected chi connectivity index (χ4v) is 2.10. The number of benzene rings is 1. The monoisotopic (exact) mass is 471 g/mol. The summed E-state index contributed by atoms with van der Waals surface area (Å²) in [4.78, 5) is 3.13. The number of hydrogen-bond acceptors (Lipinski definition) is 4. The van der Waals surface area contributed by atoms with Crippen LogP contribution in [0.3, 0.4) is 0 Å². The van der Waals surface area contributed by atoms with Gasteiger partial charge < -0.3 is 9.47 Å². The molecule has 0 saturated carbocycles. The van der Waals surface area contributed by atoms with Gasteiger partial charge in [0.1, 0.15) is 0 Å². The summed E-state index contributed by atoms with van der Waals surface area (Å²) in [5, 5.41) is 0. The molecule has 1 aromatic rings. The average molecular weight is 471 g/mol. The summed E-state index contributed by atoms with van der Waals surface area (Å²) in [7, 11) is -7.53. The standard InChI is InChI=1S/C13H15F5N2O2.F6P/c1-19(2)13(20-3-5-21-6-4-20)22-12-10(17)8(15)7(14)9(16)11(12)18;1-7(2,3,4,5)6/h13H,3-6H2,1-2H3;/q;-1. The number of ether oxygens (including phenoxy) is 2. The molecule has 1 atom stereocenters. The number of hydrogen-bond donors (Lipinski definition) is 0. The van der Waals surface area contributed by atoms with Gasteiger partial charge in [-0.15, -0.1) is 0 Å². The molecule has 1 heterocycles. The van der Waals surface area contributed by atoms with E-state index in [4.69, 9.17) is 9.47 Å². The Kier molecular flexibility index (Phi) is 7.06. The second-order valence-electron chi connectivity index (χ2n) is 5.91. The second-order valence-corrected chi connectivity index (χ2v) is 7.83. The Bertz CT molecular complexity index is 696. The van der Waals surface area contributed by atoms with Gasteiger partial charge in [0.2, 0.25) is 41.2 Å². The number of nitrogens with zero attached hydrogens (tertiary/aromatic N) is 2. The quantitative estimate of drug-likeness (QED) is 0.195. The van der Waals surface area contributed by atoms with Crippen molar-refractivity contribution in [3.63, 3.8) is 0 Å². The summed E-state index contributed by atoms with van der Waals surface area (Å²) in [6.07, 6.45) is -0.989. The molecule has 0 radical (unpaired) electrons. The van der Waals surface area contributed by atoms with Crippen LogP contribution in [0.5, 0.6) is 5.75 Å². The maximum absolute atomic E-state index is 13.7. The van der Waals surface area contributed by atoms with Crippen molar-refractivity contribution in [2.75, 3.05) is 40.4 Å². The Balaban J connectivity index is 0.000000516. The zero-order chi connectivity index (χ0) is 22.8. The van der Waals surface area contributed by atoms with Crippen molar-refractivity contribution in [3.05, 3.63) is 29.1 Å². The van der Waals surface area contributed by atoms with Gasteiger partial charge in [-0.25, -0.2) is 13.2 Å². The fraction of sp³-hybridized carbons (Fsp3) is 0.538. The molecule has 1 unspecified atom stereocenters. The average Bonchev–Trinajstić information content (AvgIpc) is 2.56. The minimum atomic E-state index is -10.7. The van der Waals surface area contributed by atoms with Crippen LogP contribution in [-0.2, 0) is 4.74 Å². The summed E-state index contributed by atoms with van der Waals surface area (Å²) in [5.74, 6) is -11.5. The van der Waals surface area contributed by atoms with Crippen LogP contribution < -0.4 is 4.74 Å². The summed E-state index contributed by atoms with van der Waals surface area (Å²) < 4.78 is 136. The summed E-state index contributed by atoms with van der Waals surface area (Å²) in [6.45, 7) is 1.56. The van der Waals surface area contributed by atoms with Crippen LogP contribution in [0.15, 0.2) is 0 Å². The third-order valence-electron chi connectivity index (χ3n) is 3.19. The van der Waals surface area contributed by atoms with E-state index in [1.165, 1.54) is 4.90 Å². The molecule has 0 spiro atoms. The van der Waals surface area contributed by atoms with Crippen molar-refractivity contribution >= 4 is 7.81 Å². The number of halogens is 11. The van der Waals surface area contributed by atoms with E-state index < -0.39 is 49.0 Å². The summed E-state index contributed by atoms with van der Waals surface area (Å²) in [6, 6.07) is 0. The van der Waals surface area contributed by atoms with Gasteiger partial charge in [0, 0.05) is 13.1 Å². The molecule has 1 aliphatic rings. The molecule has 0 N–H and O–H groups in total. The van der Waals surface area contributed by atoms with Gasteiger partial charge in [0.15, 0.2) is 0 Å². The van der Waals surface area contributed by atoms with Crippen LogP contribution >= 0.6 is 7.81 Å². The Morgan fingerprint density at radius 2 is 1.14 bits per heavy atom. The molecule has 0 amide bonds. The third-order valence-corrected chi connectivity index (χ3v) is 3.19. The maximum atomic E-state index is 13.7. The Hall–Kier alpha value is -1.44. The number of morpholine rings is 1. The van der Waals surface area contributed by atoms with Gasteiger partial charge in [-0.05, 0) is 14.1 Å². The van der Waals surface area contributed by atoms with Crippen LogP contribution in [-0.4, -0.2) is 56.6 Å². The summed E-state index contributed by atoms with van der Waals surface area (Å²) in [5.41, 5.74) is 0. The fourth-order valence-electron chi connectivity index (χ4n) is 2.10. The Morgan fingerprint density at radius 1 is 0.793 bits per heavy atom. The Labute approximate surface area is 157 Å². The predicted molar refractivity (Wildman–Crippen MR) is 80.3 cm³/mol. The first-order chi connectivity index (χ1) is 12.8. The SMILES string of the molecule is CN(C)C(Oc1c(F)c(F)c(F)c(F)c1F)N1CCOCC1.F[P-](F)(F)(F)(F)F. The topological polar surface area (TPSA) is 24.9 Å². The van der Waals surface area contributed by atoms with E-state index in [1.54, 1.807) is 19.0 Å². The van der Waals surface area contributed by atoms with Crippen LogP contribution in [0.25, 0.3) is 0 Å². The zero-order valence-electron chi connectivity index (χ0n) is 14.7. The second kappa shape index (κ2) is 8.00. The van der Waals surface area contributed by atoms with Gasteiger partial charge in [0.05, 0.1) is 13.2 Å². The molecule has 4 nitrogen and oxygen atoms in total. The van der Waals surface area contributed by atoms with Crippen molar-refractivity contribution < 1.29 is 56.6 Å². The van der Waals surface area contributed by atoms with Crippen LogP contribution in [0.4, 0.5) is 47.1 Å². The van der Waals surface area contributed by atoms with Crippen LogP contribution in [0, 0.1) is 29.1 Å². The Morgan fingerprint density at radius 3 is 1.48 bits per heavy atom. The molecule has 1 fully saturated rings. The van der Waals surface area contributed by atoms with Crippen molar-refractivity contribution in [2.45, 2.75) is 6.35 Å². The van der Waals surface area contributed by atoms with E-state index in [-0.39, 0.29) is 0 Å². The van der Waals surface area contributed by atoms with Gasteiger partial charge >= 0.3 is 33.0 Å². The van der Waals surface area contributed by atoms with Gasteiger partial charge in [-0.2, -0.15) is 8.78 Å². The molecular formula is C13H15F11N2O2P-. The molecule has 0 bridgehead atoms. The van der Waals surface area contributed by atoms with E-state index in [0.717, 1.165) is 0 Å². The van der Waals surface area contributed by atoms with Crippen molar-refractivity contribution in [1.82, 2.24) is 9.80 Å². The molecule has 16 heteroatoms. The van der Waals surface area contributed by atoms with Crippen molar-refractivity contribution in [2.24, 2.45) is 0 Å². The van der Waals surface area contributed by atoms with E-state index in [1.807, 2.05) is 0 Å². The molecule has 1 aromatic carbocycles. The molecule has 1 aliphatic heterocycles. The van der Waals surface area contributed by atoms with Crippen LogP contribution in [0.2, 0.25) is 0 Å². The van der Waals surface area contributed by atoms with E-state index in [9.17, 15) is 47.1 Å².